The number of hydrogen-bond acceptors (Lipinski definition) is 4. The van der Waals surface area contributed by atoms with E-state index in [-0.39, 0.29) is 13.0 Å². The summed E-state index contributed by atoms with van der Waals surface area (Å²) in [5.74, 6) is -1.35. The number of carboxylic acid groups (broad SMARTS) is 1. The van der Waals surface area contributed by atoms with Crippen molar-refractivity contribution >= 4 is 12.1 Å². The Kier molecular flexibility index (Phi) is 5.54. The first-order valence-corrected chi connectivity index (χ1v) is 6.87. The first kappa shape index (κ1) is 15.6. The zero-order valence-corrected chi connectivity index (χ0v) is 11.9. The third kappa shape index (κ3) is 4.94. The number of benzene rings is 2. The van der Waals surface area contributed by atoms with E-state index < -0.39 is 18.1 Å². The average molecular weight is 298 g/mol. The maximum absolute atomic E-state index is 11.7. The lowest BCUT2D eigenvalue weighted by molar-refractivity contribution is -0.308. The van der Waals surface area contributed by atoms with Gasteiger partial charge in [-0.2, -0.15) is 0 Å². The first-order valence-electron chi connectivity index (χ1n) is 6.87. The van der Waals surface area contributed by atoms with E-state index in [2.05, 4.69) is 5.32 Å². The van der Waals surface area contributed by atoms with Crippen LogP contribution in [0.3, 0.4) is 0 Å². The van der Waals surface area contributed by atoms with Crippen LogP contribution < -0.4 is 10.4 Å². The summed E-state index contributed by atoms with van der Waals surface area (Å²) in [4.78, 5) is 22.8. The van der Waals surface area contributed by atoms with Gasteiger partial charge in [-0.3, -0.25) is 0 Å². The van der Waals surface area contributed by atoms with Gasteiger partial charge in [-0.25, -0.2) is 4.79 Å². The van der Waals surface area contributed by atoms with Crippen LogP contribution in [-0.4, -0.2) is 18.1 Å². The molecule has 2 aromatic rings. The van der Waals surface area contributed by atoms with Gasteiger partial charge in [0.15, 0.2) is 0 Å². The molecule has 22 heavy (non-hydrogen) atoms. The summed E-state index contributed by atoms with van der Waals surface area (Å²) in [6.45, 7) is 0.0811. The smallest absolute Gasteiger partial charge is 0.408 e. The van der Waals surface area contributed by atoms with E-state index in [1.165, 1.54) is 0 Å². The molecule has 114 valence electrons. The van der Waals surface area contributed by atoms with Gasteiger partial charge in [-0.1, -0.05) is 60.7 Å². The van der Waals surface area contributed by atoms with Crippen LogP contribution in [0.25, 0.3) is 0 Å². The molecule has 1 N–H and O–H groups in total. The summed E-state index contributed by atoms with van der Waals surface area (Å²) in [7, 11) is 0. The van der Waals surface area contributed by atoms with Crippen LogP contribution in [0.4, 0.5) is 4.79 Å². The monoisotopic (exact) mass is 298 g/mol. The zero-order valence-electron chi connectivity index (χ0n) is 11.9. The van der Waals surface area contributed by atoms with Crippen LogP contribution in [0, 0.1) is 0 Å². The van der Waals surface area contributed by atoms with Gasteiger partial charge in [0.25, 0.3) is 0 Å². The number of aliphatic carboxylic acids is 1. The quantitative estimate of drug-likeness (QED) is 0.871. The largest absolute Gasteiger partial charge is 0.548 e. The number of carboxylic acids is 1. The van der Waals surface area contributed by atoms with Crippen molar-refractivity contribution in [2.75, 3.05) is 0 Å². The normalized spacial score (nSPS) is 11.5. The predicted molar refractivity (Wildman–Crippen MR) is 78.7 cm³/mol. The van der Waals surface area contributed by atoms with Crippen molar-refractivity contribution in [3.8, 4) is 0 Å². The second-order valence-corrected chi connectivity index (χ2v) is 4.77. The van der Waals surface area contributed by atoms with Gasteiger partial charge in [-0.05, 0) is 17.5 Å². The highest BCUT2D eigenvalue weighted by Gasteiger charge is 2.15. The molecule has 2 aromatic carbocycles. The van der Waals surface area contributed by atoms with Crippen LogP contribution in [0.2, 0.25) is 0 Å². The van der Waals surface area contributed by atoms with Gasteiger partial charge >= 0.3 is 6.09 Å². The number of ether oxygens (including phenoxy) is 1. The second-order valence-electron chi connectivity index (χ2n) is 4.77. The highest BCUT2D eigenvalue weighted by Crippen LogP contribution is 2.04. The highest BCUT2D eigenvalue weighted by molar-refractivity contribution is 5.78. The number of carbonyl (C=O) groups is 2. The van der Waals surface area contributed by atoms with E-state index in [0.717, 1.165) is 11.1 Å². The summed E-state index contributed by atoms with van der Waals surface area (Å²) < 4.78 is 5.01. The van der Waals surface area contributed by atoms with Gasteiger partial charge in [0.1, 0.15) is 6.61 Å². The molecule has 0 aliphatic rings. The van der Waals surface area contributed by atoms with Gasteiger partial charge in [-0.15, -0.1) is 0 Å². The number of rotatable bonds is 6. The van der Waals surface area contributed by atoms with E-state index in [9.17, 15) is 14.7 Å². The topological polar surface area (TPSA) is 78.5 Å². The number of hydrogen-bond donors (Lipinski definition) is 1. The molecule has 0 aliphatic carbocycles. The minimum atomic E-state index is -1.35. The van der Waals surface area contributed by atoms with Crippen molar-refractivity contribution < 1.29 is 19.4 Å². The number of nitrogens with one attached hydrogen (secondary N) is 1. The Bertz CT molecular complexity index is 613. The van der Waals surface area contributed by atoms with Crippen molar-refractivity contribution in [2.24, 2.45) is 0 Å². The molecule has 0 bridgehead atoms. The first-order chi connectivity index (χ1) is 10.6. The van der Waals surface area contributed by atoms with Crippen LogP contribution in [0.5, 0.6) is 0 Å². The maximum atomic E-state index is 11.7. The SMILES string of the molecule is O=C(NC(Cc1ccccc1)C(=O)[O-])OCc1ccccc1. The van der Waals surface area contributed by atoms with Gasteiger partial charge in [0.05, 0.1) is 12.0 Å². The summed E-state index contributed by atoms with van der Waals surface area (Å²) >= 11 is 0. The van der Waals surface area contributed by atoms with Crippen molar-refractivity contribution in [1.29, 1.82) is 0 Å². The summed E-state index contributed by atoms with van der Waals surface area (Å²) in [6.07, 6.45) is -0.641. The number of carbonyl (C=O) groups excluding carboxylic acids is 2. The van der Waals surface area contributed by atoms with Crippen molar-refractivity contribution in [3.63, 3.8) is 0 Å². The molecule has 0 saturated carbocycles. The Morgan fingerprint density at radius 2 is 1.50 bits per heavy atom. The Hall–Kier alpha value is -2.82. The van der Waals surface area contributed by atoms with Crippen LogP contribution in [0.15, 0.2) is 60.7 Å². The zero-order chi connectivity index (χ0) is 15.8. The molecule has 2 rings (SSSR count). The Balaban J connectivity index is 1.88. The molecular formula is C17H16NO4-. The summed E-state index contributed by atoms with van der Waals surface area (Å²) in [5.41, 5.74) is 1.62. The molecule has 0 saturated heterocycles. The molecule has 0 aromatic heterocycles. The third-order valence-corrected chi connectivity index (χ3v) is 3.07. The molecule has 0 radical (unpaired) electrons. The number of alkyl carbamates (subject to hydrolysis) is 1. The van der Waals surface area contributed by atoms with E-state index in [1.807, 2.05) is 36.4 Å². The van der Waals surface area contributed by atoms with Gasteiger partial charge < -0.3 is 20.0 Å². The number of amides is 1. The minimum absolute atomic E-state index is 0.0811. The van der Waals surface area contributed by atoms with Crippen molar-refractivity contribution in [1.82, 2.24) is 5.32 Å². The summed E-state index contributed by atoms with van der Waals surface area (Å²) in [5, 5.41) is 13.4. The molecule has 0 fully saturated rings. The molecule has 5 heteroatoms. The van der Waals surface area contributed by atoms with Gasteiger partial charge in [0, 0.05) is 0 Å². The van der Waals surface area contributed by atoms with Gasteiger partial charge in [0.2, 0.25) is 0 Å². The lowest BCUT2D eigenvalue weighted by atomic mass is 10.1. The van der Waals surface area contributed by atoms with E-state index in [1.54, 1.807) is 24.3 Å². The van der Waals surface area contributed by atoms with Crippen molar-refractivity contribution in [2.45, 2.75) is 19.1 Å². The average Bonchev–Trinajstić information content (AvgIpc) is 2.54. The molecular weight excluding hydrogens is 282 g/mol. The van der Waals surface area contributed by atoms with Crippen LogP contribution in [-0.2, 0) is 22.6 Å². The molecule has 0 aliphatic heterocycles. The third-order valence-electron chi connectivity index (χ3n) is 3.07. The lowest BCUT2D eigenvalue weighted by Gasteiger charge is -2.19. The van der Waals surface area contributed by atoms with Crippen LogP contribution in [0.1, 0.15) is 11.1 Å². The minimum Gasteiger partial charge on any atom is -0.548 e. The molecule has 1 amide bonds. The van der Waals surface area contributed by atoms with Crippen LogP contribution >= 0.6 is 0 Å². The fraction of sp³-hybridized carbons (Fsp3) is 0.176. The molecule has 0 heterocycles. The summed E-state index contributed by atoms with van der Waals surface area (Å²) in [6, 6.07) is 17.0. The fourth-order valence-electron chi connectivity index (χ4n) is 1.95. The van der Waals surface area contributed by atoms with E-state index in [0.29, 0.717) is 0 Å². The predicted octanol–water partition coefficient (Wildman–Crippen LogP) is 1.27. The molecule has 1 atom stereocenters. The Morgan fingerprint density at radius 1 is 0.955 bits per heavy atom. The lowest BCUT2D eigenvalue weighted by Crippen LogP contribution is -2.49. The highest BCUT2D eigenvalue weighted by atomic mass is 16.5. The van der Waals surface area contributed by atoms with E-state index in [4.69, 9.17) is 4.74 Å². The Morgan fingerprint density at radius 3 is 2.05 bits per heavy atom. The fourth-order valence-corrected chi connectivity index (χ4v) is 1.95. The van der Waals surface area contributed by atoms with E-state index >= 15 is 0 Å². The molecule has 1 unspecified atom stereocenters. The standard InChI is InChI=1S/C17H17NO4/c19-16(20)15(11-13-7-3-1-4-8-13)18-17(21)22-12-14-9-5-2-6-10-14/h1-10,15H,11-12H2,(H,18,21)(H,19,20)/p-1. The second kappa shape index (κ2) is 7.83. The van der Waals surface area contributed by atoms with Crippen molar-refractivity contribution in [3.05, 3.63) is 71.8 Å². The Labute approximate surface area is 128 Å². The molecule has 0 spiro atoms. The molecule has 5 nitrogen and oxygen atoms in total. The maximum Gasteiger partial charge on any atom is 0.408 e.